The molecule has 31 heavy (non-hydrogen) atoms. The second-order valence-electron chi connectivity index (χ2n) is 7.55. The lowest BCUT2D eigenvalue weighted by molar-refractivity contribution is 0.0996. The van der Waals surface area contributed by atoms with Crippen LogP contribution in [0.25, 0.3) is 22.2 Å². The summed E-state index contributed by atoms with van der Waals surface area (Å²) in [5.41, 5.74) is 5.35. The lowest BCUT2D eigenvalue weighted by Crippen LogP contribution is -2.16. The Kier molecular flexibility index (Phi) is 5.42. The minimum atomic E-state index is -0.597. The fourth-order valence-electron chi connectivity index (χ4n) is 3.71. The van der Waals surface area contributed by atoms with Crippen LogP contribution in [-0.2, 0) is 12.8 Å². The first kappa shape index (κ1) is 20.5. The maximum absolute atomic E-state index is 12.9. The highest BCUT2D eigenvalue weighted by atomic mass is 16.6. The molecule has 0 saturated carbocycles. The van der Waals surface area contributed by atoms with Gasteiger partial charge in [0.2, 0.25) is 5.82 Å². The van der Waals surface area contributed by atoms with Crippen molar-refractivity contribution in [3.63, 3.8) is 0 Å². The molecule has 0 unspecified atom stereocenters. The van der Waals surface area contributed by atoms with Gasteiger partial charge in [-0.25, -0.2) is 4.63 Å². The summed E-state index contributed by atoms with van der Waals surface area (Å²) in [5, 5.41) is 11.0. The Balaban J connectivity index is 1.72. The van der Waals surface area contributed by atoms with E-state index < -0.39 is 5.91 Å². The second kappa shape index (κ2) is 8.18. The van der Waals surface area contributed by atoms with Crippen LogP contribution < -0.4 is 10.7 Å². The van der Waals surface area contributed by atoms with Crippen molar-refractivity contribution in [2.75, 3.05) is 5.32 Å². The third-order valence-corrected chi connectivity index (χ3v) is 5.32. The molecule has 7 nitrogen and oxygen atoms in total. The van der Waals surface area contributed by atoms with E-state index in [1.165, 1.54) is 6.07 Å². The molecule has 0 atom stereocenters. The predicted molar refractivity (Wildman–Crippen MR) is 118 cm³/mol. The summed E-state index contributed by atoms with van der Waals surface area (Å²) in [7, 11) is 0. The monoisotopic (exact) mass is 417 g/mol. The van der Waals surface area contributed by atoms with Crippen LogP contribution in [0.4, 0.5) is 5.82 Å². The molecule has 0 fully saturated rings. The summed E-state index contributed by atoms with van der Waals surface area (Å²) in [6.45, 7) is 7.86. The molecule has 158 valence electrons. The zero-order chi connectivity index (χ0) is 22.1. The third kappa shape index (κ3) is 3.86. The van der Waals surface area contributed by atoms with Gasteiger partial charge in [0.25, 0.3) is 5.91 Å². The van der Waals surface area contributed by atoms with Crippen LogP contribution in [0.5, 0.6) is 0 Å². The van der Waals surface area contributed by atoms with Crippen LogP contribution in [0.2, 0.25) is 0 Å². The molecule has 0 aliphatic rings. The summed E-state index contributed by atoms with van der Waals surface area (Å²) in [6, 6.07) is 11.0. The Morgan fingerprint density at radius 2 is 1.84 bits per heavy atom. The van der Waals surface area contributed by atoms with Gasteiger partial charge < -0.3 is 4.42 Å². The number of aryl methyl sites for hydroxylation is 4. The number of benzene rings is 2. The normalized spacial score (nSPS) is 11.1. The van der Waals surface area contributed by atoms with Gasteiger partial charge in [0.05, 0.1) is 5.39 Å². The topological polar surface area (TPSA) is 98.2 Å². The summed E-state index contributed by atoms with van der Waals surface area (Å²) in [6.07, 6.45) is 1.66. The van der Waals surface area contributed by atoms with Crippen LogP contribution in [0, 0.1) is 13.8 Å². The Morgan fingerprint density at radius 3 is 2.58 bits per heavy atom. The average molecular weight is 417 g/mol. The second-order valence-corrected chi connectivity index (χ2v) is 7.55. The van der Waals surface area contributed by atoms with Gasteiger partial charge in [-0.2, -0.15) is 0 Å². The Bertz CT molecular complexity index is 1350. The lowest BCUT2D eigenvalue weighted by atomic mass is 9.98. The van der Waals surface area contributed by atoms with Gasteiger partial charge in [0.1, 0.15) is 5.58 Å². The standard InChI is InChI=1S/C24H23N3O4/c1-5-15-7-8-16(6-2)17(11-15)21-23(27-31-26-21)25-24(29)20-12-19(28)18-10-13(3)9-14(4)22(18)30-20/h7-12H,5-6H2,1-4H3,(H,25,27,29). The smallest absolute Gasteiger partial charge is 0.292 e. The minimum Gasteiger partial charge on any atom is -0.450 e. The molecule has 0 spiro atoms. The molecular formula is C24H23N3O4. The van der Waals surface area contributed by atoms with E-state index in [0.717, 1.165) is 40.7 Å². The Labute approximate surface area is 179 Å². The number of aromatic nitrogens is 2. The first-order chi connectivity index (χ1) is 14.9. The first-order valence-electron chi connectivity index (χ1n) is 10.2. The molecule has 0 aliphatic carbocycles. The maximum atomic E-state index is 12.9. The number of hydrogen-bond acceptors (Lipinski definition) is 6. The van der Waals surface area contributed by atoms with Crippen molar-refractivity contribution >= 4 is 22.7 Å². The Hall–Kier alpha value is -3.74. The van der Waals surface area contributed by atoms with Gasteiger partial charge in [0, 0.05) is 11.6 Å². The van der Waals surface area contributed by atoms with E-state index >= 15 is 0 Å². The van der Waals surface area contributed by atoms with Crippen LogP contribution in [0.3, 0.4) is 0 Å². The molecular weight excluding hydrogens is 394 g/mol. The highest BCUT2D eigenvalue weighted by Gasteiger charge is 2.21. The molecule has 4 rings (SSSR count). The minimum absolute atomic E-state index is 0.101. The van der Waals surface area contributed by atoms with E-state index in [-0.39, 0.29) is 17.0 Å². The first-order valence-corrected chi connectivity index (χ1v) is 10.2. The van der Waals surface area contributed by atoms with Crippen molar-refractivity contribution in [2.45, 2.75) is 40.5 Å². The molecule has 4 aromatic rings. The number of fused-ring (bicyclic) bond motifs is 1. The van der Waals surface area contributed by atoms with E-state index in [9.17, 15) is 9.59 Å². The molecule has 1 amide bonds. The van der Waals surface area contributed by atoms with Gasteiger partial charge in [-0.1, -0.05) is 32.0 Å². The van der Waals surface area contributed by atoms with E-state index in [0.29, 0.717) is 16.7 Å². The van der Waals surface area contributed by atoms with Crippen molar-refractivity contribution in [2.24, 2.45) is 0 Å². The van der Waals surface area contributed by atoms with Gasteiger partial charge in [-0.05, 0) is 71.4 Å². The number of nitrogens with zero attached hydrogens (tertiary/aromatic N) is 2. The van der Waals surface area contributed by atoms with E-state index in [2.05, 4.69) is 28.6 Å². The molecule has 2 aromatic heterocycles. The van der Waals surface area contributed by atoms with Crippen LogP contribution in [-0.4, -0.2) is 16.2 Å². The quantitative estimate of drug-likeness (QED) is 0.499. The van der Waals surface area contributed by atoms with Crippen molar-refractivity contribution in [3.8, 4) is 11.3 Å². The number of hydrogen-bond donors (Lipinski definition) is 1. The maximum Gasteiger partial charge on any atom is 0.292 e. The lowest BCUT2D eigenvalue weighted by Gasteiger charge is -2.09. The van der Waals surface area contributed by atoms with Crippen molar-refractivity contribution in [1.29, 1.82) is 0 Å². The number of rotatable bonds is 5. The van der Waals surface area contributed by atoms with Gasteiger partial charge in [0.15, 0.2) is 16.9 Å². The van der Waals surface area contributed by atoms with E-state index in [1.54, 1.807) is 6.07 Å². The summed E-state index contributed by atoms with van der Waals surface area (Å²) in [5.74, 6) is -0.520. The van der Waals surface area contributed by atoms with Crippen molar-refractivity contribution in [1.82, 2.24) is 10.3 Å². The fraction of sp³-hybridized carbons (Fsp3) is 0.250. The summed E-state index contributed by atoms with van der Waals surface area (Å²) >= 11 is 0. The number of nitrogens with one attached hydrogen (secondary N) is 1. The number of anilines is 1. The van der Waals surface area contributed by atoms with Crippen molar-refractivity contribution in [3.05, 3.63) is 74.6 Å². The fourth-order valence-corrected chi connectivity index (χ4v) is 3.71. The van der Waals surface area contributed by atoms with Crippen molar-refractivity contribution < 1.29 is 13.8 Å². The number of amides is 1. The van der Waals surface area contributed by atoms with Gasteiger partial charge in [-0.3, -0.25) is 14.9 Å². The molecule has 0 radical (unpaired) electrons. The molecule has 0 bridgehead atoms. The van der Waals surface area contributed by atoms with Crippen LogP contribution >= 0.6 is 0 Å². The van der Waals surface area contributed by atoms with Crippen LogP contribution in [0.15, 0.2) is 50.2 Å². The summed E-state index contributed by atoms with van der Waals surface area (Å²) < 4.78 is 10.7. The third-order valence-electron chi connectivity index (χ3n) is 5.32. The van der Waals surface area contributed by atoms with E-state index in [1.807, 2.05) is 39.0 Å². The highest BCUT2D eigenvalue weighted by Crippen LogP contribution is 2.30. The molecule has 0 saturated heterocycles. The molecule has 0 aliphatic heterocycles. The highest BCUT2D eigenvalue weighted by molar-refractivity contribution is 6.04. The Morgan fingerprint density at radius 1 is 1.03 bits per heavy atom. The molecule has 2 heterocycles. The number of carbonyl (C=O) groups is 1. The number of carbonyl (C=O) groups excluding carboxylic acids is 1. The zero-order valence-electron chi connectivity index (χ0n) is 17.9. The zero-order valence-corrected chi connectivity index (χ0v) is 17.9. The SMILES string of the molecule is CCc1ccc(CC)c(-c2nonc2NC(=O)c2cc(=O)c3cc(C)cc(C)c3o2)c1. The average Bonchev–Trinajstić information content (AvgIpc) is 3.21. The van der Waals surface area contributed by atoms with Crippen LogP contribution in [0.1, 0.15) is 46.7 Å². The molecule has 2 aromatic carbocycles. The van der Waals surface area contributed by atoms with Gasteiger partial charge >= 0.3 is 0 Å². The van der Waals surface area contributed by atoms with E-state index in [4.69, 9.17) is 9.05 Å². The predicted octanol–water partition coefficient (Wildman–Crippen LogP) is 4.84. The van der Waals surface area contributed by atoms with Gasteiger partial charge in [-0.15, -0.1) is 0 Å². The molecule has 7 heteroatoms. The largest absolute Gasteiger partial charge is 0.450 e. The molecule has 1 N–H and O–H groups in total. The summed E-state index contributed by atoms with van der Waals surface area (Å²) in [4.78, 5) is 25.5.